The van der Waals surface area contributed by atoms with Crippen molar-refractivity contribution in [1.29, 1.82) is 0 Å². The Hall–Kier alpha value is -0.910. The minimum atomic E-state index is -3.38. The van der Waals surface area contributed by atoms with Gasteiger partial charge in [-0.25, -0.2) is 0 Å². The molecule has 1 aliphatic heterocycles. The molecule has 1 N–H and O–H groups in total. The number of epoxide rings is 1. The number of hydrogen-bond acceptors (Lipinski definition) is 6. The molecule has 1 aromatic carbocycles. The third-order valence-corrected chi connectivity index (χ3v) is 9.75. The monoisotopic (exact) mass is 449 g/mol. The maximum atomic E-state index is 14.0. The predicted molar refractivity (Wildman–Crippen MR) is 119 cm³/mol. The molecule has 5 aliphatic rings. The van der Waals surface area contributed by atoms with Gasteiger partial charge in [-0.1, -0.05) is 12.1 Å². The summed E-state index contributed by atoms with van der Waals surface area (Å²) in [6.07, 6.45) is 7.87. The first-order valence-electron chi connectivity index (χ1n) is 12.0. The van der Waals surface area contributed by atoms with Crippen LogP contribution in [0.1, 0.15) is 63.7 Å². The Morgan fingerprint density at radius 2 is 1.58 bits per heavy atom. The topological polar surface area (TPSA) is 69.3 Å². The van der Waals surface area contributed by atoms with Crippen LogP contribution in [0.15, 0.2) is 24.3 Å². The van der Waals surface area contributed by atoms with Gasteiger partial charge in [-0.3, -0.25) is 9.88 Å². The molecule has 31 heavy (non-hydrogen) atoms. The zero-order valence-electron chi connectivity index (χ0n) is 18.8. The highest BCUT2D eigenvalue weighted by Crippen LogP contribution is 2.63. The van der Waals surface area contributed by atoms with E-state index in [4.69, 9.17) is 18.5 Å². The Bertz CT molecular complexity index is 763. The molecule has 4 saturated carbocycles. The van der Waals surface area contributed by atoms with Crippen molar-refractivity contribution in [1.82, 2.24) is 5.32 Å². The number of hydrogen-bond donors (Lipinski definition) is 1. The Balaban J connectivity index is 1.41. The molecule has 0 amide bonds. The molecule has 2 atom stereocenters. The summed E-state index contributed by atoms with van der Waals surface area (Å²) in [6, 6.07) is 7.92. The molecule has 4 aliphatic carbocycles. The summed E-state index contributed by atoms with van der Waals surface area (Å²) in [4.78, 5) is 0. The number of benzene rings is 1. The van der Waals surface area contributed by atoms with Gasteiger partial charge in [0, 0.05) is 5.54 Å². The molecule has 0 radical (unpaired) electrons. The van der Waals surface area contributed by atoms with E-state index in [-0.39, 0.29) is 11.6 Å². The maximum absolute atomic E-state index is 14.0. The van der Waals surface area contributed by atoms with Crippen LogP contribution >= 0.6 is 7.60 Å². The standard InChI is InChI=1S/C24H36NO5P/c1-3-29-31(26,30-4-2)23(20-5-7-21(8-6-20)27-15-22-16-28-22)25-24-12-17-9-18(13-24)11-19(10-17)14-24/h5-8,17-19,22-23,25H,3-4,9-16H2,1-2H3. The van der Waals surface area contributed by atoms with E-state index in [1.165, 1.54) is 38.5 Å². The smallest absolute Gasteiger partial charge is 0.351 e. The van der Waals surface area contributed by atoms with Gasteiger partial charge < -0.3 is 18.5 Å². The van der Waals surface area contributed by atoms with Gasteiger partial charge in [-0.05, 0) is 87.8 Å². The molecular formula is C24H36NO5P. The Labute approximate surface area is 185 Å². The van der Waals surface area contributed by atoms with E-state index in [0.29, 0.717) is 19.8 Å². The molecule has 172 valence electrons. The van der Waals surface area contributed by atoms with Crippen LogP contribution in [0.5, 0.6) is 5.75 Å². The van der Waals surface area contributed by atoms with E-state index >= 15 is 0 Å². The summed E-state index contributed by atoms with van der Waals surface area (Å²) in [6.45, 7) is 5.83. The van der Waals surface area contributed by atoms with Gasteiger partial charge in [-0.15, -0.1) is 0 Å². The van der Waals surface area contributed by atoms with Crippen molar-refractivity contribution in [3.63, 3.8) is 0 Å². The third kappa shape index (κ3) is 4.74. The van der Waals surface area contributed by atoms with Crippen LogP contribution in [0, 0.1) is 17.8 Å². The molecule has 6 rings (SSSR count). The van der Waals surface area contributed by atoms with Crippen LogP contribution in [-0.4, -0.2) is 38.1 Å². The fourth-order valence-electron chi connectivity index (χ4n) is 6.57. The number of rotatable bonds is 11. The first kappa shape index (κ1) is 21.9. The van der Waals surface area contributed by atoms with E-state index in [1.807, 2.05) is 38.1 Å². The van der Waals surface area contributed by atoms with Crippen LogP contribution in [0.3, 0.4) is 0 Å². The van der Waals surface area contributed by atoms with Crippen molar-refractivity contribution in [3.8, 4) is 5.75 Å². The lowest BCUT2D eigenvalue weighted by Gasteiger charge is -2.58. The summed E-state index contributed by atoms with van der Waals surface area (Å²) in [5, 5.41) is 3.89. The first-order valence-corrected chi connectivity index (χ1v) is 13.6. The normalized spacial score (nSPS) is 34.6. The van der Waals surface area contributed by atoms with E-state index < -0.39 is 13.4 Å². The molecule has 7 heteroatoms. The molecule has 2 unspecified atom stereocenters. The third-order valence-electron chi connectivity index (χ3n) is 7.45. The molecule has 4 bridgehead atoms. The quantitative estimate of drug-likeness (QED) is 0.366. The zero-order chi connectivity index (χ0) is 21.5. The molecule has 5 fully saturated rings. The average Bonchev–Trinajstić information content (AvgIpc) is 3.55. The van der Waals surface area contributed by atoms with Crippen LogP contribution in [-0.2, 0) is 18.3 Å². The molecule has 1 aromatic rings. The zero-order valence-corrected chi connectivity index (χ0v) is 19.7. The average molecular weight is 450 g/mol. The molecule has 1 heterocycles. The van der Waals surface area contributed by atoms with Crippen molar-refractivity contribution in [2.75, 3.05) is 26.4 Å². The van der Waals surface area contributed by atoms with Crippen molar-refractivity contribution in [2.24, 2.45) is 17.8 Å². The summed E-state index contributed by atoms with van der Waals surface area (Å²) < 4.78 is 36.7. The summed E-state index contributed by atoms with van der Waals surface area (Å²) in [5.74, 6) is 2.75. The van der Waals surface area contributed by atoms with Crippen molar-refractivity contribution >= 4 is 7.60 Å². The van der Waals surface area contributed by atoms with Crippen molar-refractivity contribution < 1.29 is 23.1 Å². The van der Waals surface area contributed by atoms with E-state index in [1.54, 1.807) is 0 Å². The Kier molecular flexibility index (Phi) is 6.22. The molecular weight excluding hydrogens is 413 g/mol. The Morgan fingerprint density at radius 3 is 2.06 bits per heavy atom. The highest BCUT2D eigenvalue weighted by molar-refractivity contribution is 7.54. The second-order valence-electron chi connectivity index (χ2n) is 9.96. The van der Waals surface area contributed by atoms with Crippen molar-refractivity contribution in [2.45, 2.75) is 69.8 Å². The lowest BCUT2D eigenvalue weighted by Crippen LogP contribution is -2.59. The Morgan fingerprint density at radius 1 is 1.03 bits per heavy atom. The van der Waals surface area contributed by atoms with Gasteiger partial charge in [0.2, 0.25) is 0 Å². The maximum Gasteiger partial charge on any atom is 0.351 e. The van der Waals surface area contributed by atoms with Gasteiger partial charge in [0.1, 0.15) is 24.2 Å². The van der Waals surface area contributed by atoms with Crippen LogP contribution in [0.4, 0.5) is 0 Å². The van der Waals surface area contributed by atoms with Gasteiger partial charge >= 0.3 is 7.60 Å². The fraction of sp³-hybridized carbons (Fsp3) is 0.750. The largest absolute Gasteiger partial charge is 0.491 e. The highest BCUT2D eigenvalue weighted by atomic mass is 31.2. The van der Waals surface area contributed by atoms with Crippen LogP contribution in [0.2, 0.25) is 0 Å². The molecule has 0 aromatic heterocycles. The minimum Gasteiger partial charge on any atom is -0.491 e. The second-order valence-corrected chi connectivity index (χ2v) is 12.1. The van der Waals surface area contributed by atoms with E-state index in [9.17, 15) is 4.57 Å². The second kappa shape index (κ2) is 8.79. The van der Waals surface area contributed by atoms with Crippen LogP contribution in [0.25, 0.3) is 0 Å². The van der Waals surface area contributed by atoms with Crippen molar-refractivity contribution in [3.05, 3.63) is 29.8 Å². The molecule has 6 nitrogen and oxygen atoms in total. The van der Waals surface area contributed by atoms with Gasteiger partial charge in [0.15, 0.2) is 0 Å². The minimum absolute atomic E-state index is 0.0434. The van der Waals surface area contributed by atoms with Crippen LogP contribution < -0.4 is 10.1 Å². The van der Waals surface area contributed by atoms with Gasteiger partial charge in [-0.2, -0.15) is 0 Å². The highest BCUT2D eigenvalue weighted by Gasteiger charge is 2.53. The fourth-order valence-corrected chi connectivity index (χ4v) is 8.63. The van der Waals surface area contributed by atoms with Gasteiger partial charge in [0.25, 0.3) is 0 Å². The number of ether oxygens (including phenoxy) is 2. The molecule has 1 saturated heterocycles. The van der Waals surface area contributed by atoms with E-state index in [2.05, 4.69) is 5.32 Å². The van der Waals surface area contributed by atoms with Gasteiger partial charge in [0.05, 0.1) is 19.8 Å². The first-order chi connectivity index (χ1) is 15.0. The lowest BCUT2D eigenvalue weighted by molar-refractivity contribution is -0.0231. The lowest BCUT2D eigenvalue weighted by atomic mass is 9.53. The molecule has 0 spiro atoms. The SMILES string of the molecule is CCOP(=O)(OCC)C(NC12CC3CC(CC(C3)C1)C2)c1ccc(OCC2CO2)cc1. The number of nitrogens with one attached hydrogen (secondary N) is 1. The van der Waals surface area contributed by atoms with E-state index in [0.717, 1.165) is 35.7 Å². The summed E-state index contributed by atoms with van der Waals surface area (Å²) in [7, 11) is -3.38. The summed E-state index contributed by atoms with van der Waals surface area (Å²) >= 11 is 0. The predicted octanol–water partition coefficient (Wildman–Crippen LogP) is 5.29. The summed E-state index contributed by atoms with van der Waals surface area (Å²) in [5.41, 5.74) is 0.984.